The van der Waals surface area contributed by atoms with Crippen molar-refractivity contribution in [3.8, 4) is 0 Å². The maximum atomic E-state index is 12.4. The van der Waals surface area contributed by atoms with Crippen molar-refractivity contribution in [3.63, 3.8) is 0 Å². The Hall–Kier alpha value is -2.37. The second kappa shape index (κ2) is 7.68. The minimum Gasteiger partial charge on any atom is -0.352 e. The molecule has 2 aromatic carbocycles. The van der Waals surface area contributed by atoms with E-state index in [9.17, 15) is 9.59 Å². The van der Waals surface area contributed by atoms with Crippen molar-refractivity contribution in [2.24, 2.45) is 5.92 Å². The summed E-state index contributed by atoms with van der Waals surface area (Å²) in [5.41, 5.74) is 5.21. The van der Waals surface area contributed by atoms with Gasteiger partial charge in [0.1, 0.15) is 0 Å². The number of amides is 2. The Balaban J connectivity index is 1.61. The van der Waals surface area contributed by atoms with Gasteiger partial charge in [0.2, 0.25) is 5.91 Å². The number of carbonyl (C=O) groups is 2. The average Bonchev–Trinajstić information content (AvgIpc) is 2.65. The second-order valence-corrected chi connectivity index (χ2v) is 6.64. The number of hydrogen-bond acceptors (Lipinski definition) is 3. The Labute approximate surface area is 151 Å². The minimum atomic E-state index is -0.523. The number of hydroxylamine groups is 1. The quantitative estimate of drug-likeness (QED) is 0.581. The summed E-state index contributed by atoms with van der Waals surface area (Å²) in [5.74, 6) is -0.555. The van der Waals surface area contributed by atoms with Gasteiger partial charge in [0.15, 0.2) is 0 Å². The van der Waals surface area contributed by atoms with Gasteiger partial charge in [-0.05, 0) is 60.2 Å². The molecule has 1 aliphatic rings. The molecule has 1 unspecified atom stereocenters. The standard InChI is InChI=1S/C19H19ClN2O3/c20-17-7-1-12(2-8-17)11-21-18(23)15-5-3-14-10-16(19(24)22-25)6-4-13(14)9-15/h1-2,4,6-8,10,15,25H,3,5,9,11H2,(H,21,23)(H,22,24). The van der Waals surface area contributed by atoms with Crippen LogP contribution in [0.15, 0.2) is 42.5 Å². The highest BCUT2D eigenvalue weighted by molar-refractivity contribution is 6.30. The Kier molecular flexibility index (Phi) is 5.36. The van der Waals surface area contributed by atoms with Crippen molar-refractivity contribution in [1.29, 1.82) is 0 Å². The van der Waals surface area contributed by atoms with Crippen LogP contribution in [0.4, 0.5) is 0 Å². The fourth-order valence-corrected chi connectivity index (χ4v) is 3.25. The highest BCUT2D eigenvalue weighted by atomic mass is 35.5. The third-order valence-corrected chi connectivity index (χ3v) is 4.80. The molecular formula is C19H19ClN2O3. The zero-order valence-corrected chi connectivity index (χ0v) is 14.3. The Bertz CT molecular complexity index is 790. The molecule has 3 rings (SSSR count). The van der Waals surface area contributed by atoms with Crippen LogP contribution >= 0.6 is 11.6 Å². The van der Waals surface area contributed by atoms with E-state index >= 15 is 0 Å². The first-order chi connectivity index (χ1) is 12.1. The second-order valence-electron chi connectivity index (χ2n) is 6.21. The Morgan fingerprint density at radius 2 is 1.88 bits per heavy atom. The molecule has 0 radical (unpaired) electrons. The number of benzene rings is 2. The smallest absolute Gasteiger partial charge is 0.274 e. The summed E-state index contributed by atoms with van der Waals surface area (Å²) in [5, 5.41) is 12.4. The van der Waals surface area contributed by atoms with Crippen LogP contribution in [0.2, 0.25) is 5.02 Å². The van der Waals surface area contributed by atoms with E-state index in [2.05, 4.69) is 5.32 Å². The molecule has 1 aliphatic carbocycles. The molecule has 0 aliphatic heterocycles. The molecule has 6 heteroatoms. The first-order valence-corrected chi connectivity index (χ1v) is 8.53. The van der Waals surface area contributed by atoms with Crippen molar-refractivity contribution in [2.45, 2.75) is 25.8 Å². The monoisotopic (exact) mass is 358 g/mol. The molecule has 0 heterocycles. The summed E-state index contributed by atoms with van der Waals surface area (Å²) in [4.78, 5) is 23.9. The van der Waals surface area contributed by atoms with Crippen molar-refractivity contribution in [2.75, 3.05) is 0 Å². The van der Waals surface area contributed by atoms with Crippen molar-refractivity contribution in [1.82, 2.24) is 10.8 Å². The topological polar surface area (TPSA) is 78.4 Å². The molecule has 0 bridgehead atoms. The van der Waals surface area contributed by atoms with E-state index in [4.69, 9.17) is 16.8 Å². The summed E-state index contributed by atoms with van der Waals surface area (Å²) >= 11 is 5.86. The molecule has 3 N–H and O–H groups in total. The number of hydrogen-bond donors (Lipinski definition) is 3. The lowest BCUT2D eigenvalue weighted by molar-refractivity contribution is -0.125. The van der Waals surface area contributed by atoms with Crippen molar-refractivity contribution in [3.05, 3.63) is 69.7 Å². The Morgan fingerprint density at radius 1 is 1.12 bits per heavy atom. The zero-order chi connectivity index (χ0) is 17.8. The van der Waals surface area contributed by atoms with E-state index in [0.29, 0.717) is 23.6 Å². The molecule has 5 nitrogen and oxygen atoms in total. The van der Waals surface area contributed by atoms with Crippen LogP contribution in [0.3, 0.4) is 0 Å². The third kappa shape index (κ3) is 4.18. The number of fused-ring (bicyclic) bond motifs is 1. The van der Waals surface area contributed by atoms with Crippen LogP contribution in [0.1, 0.15) is 33.5 Å². The number of aryl methyl sites for hydroxylation is 1. The third-order valence-electron chi connectivity index (χ3n) is 4.55. The summed E-state index contributed by atoms with van der Waals surface area (Å²) < 4.78 is 0. The van der Waals surface area contributed by atoms with Crippen LogP contribution < -0.4 is 10.8 Å². The van der Waals surface area contributed by atoms with Gasteiger partial charge in [-0.1, -0.05) is 29.8 Å². The van der Waals surface area contributed by atoms with Crippen molar-refractivity contribution >= 4 is 23.4 Å². The van der Waals surface area contributed by atoms with E-state index in [1.54, 1.807) is 29.7 Å². The van der Waals surface area contributed by atoms with Crippen LogP contribution in [-0.2, 0) is 24.2 Å². The van der Waals surface area contributed by atoms with E-state index in [-0.39, 0.29) is 11.8 Å². The van der Waals surface area contributed by atoms with Gasteiger partial charge >= 0.3 is 0 Å². The summed E-state index contributed by atoms with van der Waals surface area (Å²) in [7, 11) is 0. The van der Waals surface area contributed by atoms with Gasteiger partial charge < -0.3 is 5.32 Å². The normalized spacial score (nSPS) is 16.0. The maximum Gasteiger partial charge on any atom is 0.274 e. The molecule has 130 valence electrons. The lowest BCUT2D eigenvalue weighted by atomic mass is 9.82. The number of rotatable bonds is 4. The summed E-state index contributed by atoms with van der Waals surface area (Å²) in [6, 6.07) is 12.7. The van der Waals surface area contributed by atoms with Gasteiger partial charge in [-0.2, -0.15) is 0 Å². The minimum absolute atomic E-state index is 0.0396. The largest absolute Gasteiger partial charge is 0.352 e. The number of halogens is 1. The van der Waals surface area contributed by atoms with Crippen LogP contribution in [0, 0.1) is 5.92 Å². The first-order valence-electron chi connectivity index (χ1n) is 8.15. The number of carbonyl (C=O) groups excluding carboxylic acids is 2. The van der Waals surface area contributed by atoms with Gasteiger partial charge in [0.05, 0.1) is 0 Å². The van der Waals surface area contributed by atoms with Gasteiger partial charge in [0.25, 0.3) is 5.91 Å². The first kappa shape index (κ1) is 17.5. The van der Waals surface area contributed by atoms with E-state index in [1.807, 2.05) is 18.2 Å². The van der Waals surface area contributed by atoms with Crippen LogP contribution in [0.25, 0.3) is 0 Å². The molecular weight excluding hydrogens is 340 g/mol. The fourth-order valence-electron chi connectivity index (χ4n) is 3.12. The lowest BCUT2D eigenvalue weighted by Gasteiger charge is -2.24. The maximum absolute atomic E-state index is 12.4. The van der Waals surface area contributed by atoms with Gasteiger partial charge in [0, 0.05) is 23.0 Å². The van der Waals surface area contributed by atoms with E-state index in [1.165, 1.54) is 0 Å². The summed E-state index contributed by atoms with van der Waals surface area (Å²) in [6.07, 6.45) is 2.13. The van der Waals surface area contributed by atoms with E-state index < -0.39 is 5.91 Å². The van der Waals surface area contributed by atoms with Crippen LogP contribution in [-0.4, -0.2) is 17.0 Å². The van der Waals surface area contributed by atoms with Crippen molar-refractivity contribution < 1.29 is 14.8 Å². The molecule has 0 saturated carbocycles. The molecule has 1 atom stereocenters. The predicted molar refractivity (Wildman–Crippen MR) is 94.5 cm³/mol. The molecule has 0 saturated heterocycles. The fraction of sp³-hybridized carbons (Fsp3) is 0.263. The molecule has 2 aromatic rings. The van der Waals surface area contributed by atoms with Gasteiger partial charge in [-0.15, -0.1) is 0 Å². The average molecular weight is 359 g/mol. The molecule has 0 spiro atoms. The lowest BCUT2D eigenvalue weighted by Crippen LogP contribution is -2.33. The zero-order valence-electron chi connectivity index (χ0n) is 13.6. The molecule has 0 fully saturated rings. The molecule has 25 heavy (non-hydrogen) atoms. The summed E-state index contributed by atoms with van der Waals surface area (Å²) in [6.45, 7) is 0.481. The molecule has 2 amide bonds. The van der Waals surface area contributed by atoms with Gasteiger partial charge in [-0.25, -0.2) is 5.48 Å². The predicted octanol–water partition coefficient (Wildman–Crippen LogP) is 2.88. The molecule has 0 aromatic heterocycles. The van der Waals surface area contributed by atoms with Crippen LogP contribution in [0.5, 0.6) is 0 Å². The highest BCUT2D eigenvalue weighted by Crippen LogP contribution is 2.26. The Morgan fingerprint density at radius 3 is 2.60 bits per heavy atom. The number of nitrogens with one attached hydrogen (secondary N) is 2. The SMILES string of the molecule is O=C(NO)c1ccc2c(c1)CCC(C(=O)NCc1ccc(Cl)cc1)C2. The van der Waals surface area contributed by atoms with Gasteiger partial charge in [-0.3, -0.25) is 14.8 Å². The van der Waals surface area contributed by atoms with E-state index in [0.717, 1.165) is 29.5 Å². The highest BCUT2D eigenvalue weighted by Gasteiger charge is 2.25.